The van der Waals surface area contributed by atoms with Gasteiger partial charge in [0, 0.05) is 37.8 Å². The second kappa shape index (κ2) is 7.09. The standard InChI is InChI=1S/C20H28N4O3/c1-3-5-16-13-8-14(17-6-4-7-18(25)24(16)17)11-23(10-13)20(27)15-9-21-12(2)22-19(15)26/h9,13-14,16-17H,3-8,10-11H2,1-2H3,(H,21,22,26)/t13-,14+,16-,17-/m0/s1. The number of hydrogen-bond acceptors (Lipinski definition) is 4. The van der Waals surface area contributed by atoms with Gasteiger partial charge in [0.1, 0.15) is 11.4 Å². The van der Waals surface area contributed by atoms with E-state index in [1.165, 1.54) is 6.20 Å². The lowest BCUT2D eigenvalue weighted by molar-refractivity contribution is -0.152. The minimum absolute atomic E-state index is 0.115. The molecular weight excluding hydrogens is 344 g/mol. The highest BCUT2D eigenvalue weighted by molar-refractivity contribution is 5.93. The summed E-state index contributed by atoms with van der Waals surface area (Å²) >= 11 is 0. The smallest absolute Gasteiger partial charge is 0.263 e. The number of likely N-dealkylation sites (tertiary alicyclic amines) is 1. The molecule has 0 aliphatic carbocycles. The van der Waals surface area contributed by atoms with Crippen LogP contribution in [0.4, 0.5) is 0 Å². The zero-order valence-electron chi connectivity index (χ0n) is 16.1. The van der Waals surface area contributed by atoms with Crippen LogP contribution in [0, 0.1) is 18.8 Å². The molecule has 7 heteroatoms. The molecule has 146 valence electrons. The normalized spacial score (nSPS) is 30.2. The molecule has 3 fully saturated rings. The van der Waals surface area contributed by atoms with Gasteiger partial charge in [0.15, 0.2) is 0 Å². The molecule has 0 unspecified atom stereocenters. The van der Waals surface area contributed by atoms with Crippen molar-refractivity contribution in [3.8, 4) is 0 Å². The maximum atomic E-state index is 13.0. The molecular formula is C20H28N4O3. The average molecular weight is 372 g/mol. The molecule has 1 aromatic heterocycles. The van der Waals surface area contributed by atoms with E-state index < -0.39 is 0 Å². The van der Waals surface area contributed by atoms with E-state index in [9.17, 15) is 14.4 Å². The molecule has 3 aliphatic rings. The second-order valence-electron chi connectivity index (χ2n) is 8.29. The monoisotopic (exact) mass is 372 g/mol. The third kappa shape index (κ3) is 3.17. The third-order valence-electron chi connectivity index (χ3n) is 6.53. The molecule has 4 rings (SSSR count). The summed E-state index contributed by atoms with van der Waals surface area (Å²) in [5, 5.41) is 0. The highest BCUT2D eigenvalue weighted by Gasteiger charge is 2.49. The number of amides is 2. The number of fused-ring (bicyclic) bond motifs is 4. The van der Waals surface area contributed by atoms with Gasteiger partial charge in [0.2, 0.25) is 5.91 Å². The maximum absolute atomic E-state index is 13.0. The SMILES string of the molecule is CCC[C@H]1[C@H]2C[C@H](CN(C(=O)c3cnc(C)[nH]c3=O)C2)[C@@H]2CCCC(=O)N21. The molecule has 3 aliphatic heterocycles. The second-order valence-corrected chi connectivity index (χ2v) is 8.29. The van der Waals surface area contributed by atoms with Gasteiger partial charge in [-0.3, -0.25) is 14.4 Å². The molecule has 1 aromatic rings. The highest BCUT2D eigenvalue weighted by Crippen LogP contribution is 2.43. The van der Waals surface area contributed by atoms with Gasteiger partial charge < -0.3 is 14.8 Å². The van der Waals surface area contributed by atoms with Crippen LogP contribution in [0.25, 0.3) is 0 Å². The van der Waals surface area contributed by atoms with Crippen molar-refractivity contribution in [2.75, 3.05) is 13.1 Å². The Morgan fingerprint density at radius 2 is 2.07 bits per heavy atom. The van der Waals surface area contributed by atoms with E-state index in [2.05, 4.69) is 21.8 Å². The number of nitrogens with one attached hydrogen (secondary N) is 1. The van der Waals surface area contributed by atoms with Gasteiger partial charge in [-0.05, 0) is 44.4 Å². The topological polar surface area (TPSA) is 86.4 Å². The van der Waals surface area contributed by atoms with Gasteiger partial charge in [-0.2, -0.15) is 0 Å². The lowest BCUT2D eigenvalue weighted by atomic mass is 9.71. The summed E-state index contributed by atoms with van der Waals surface area (Å²) in [7, 11) is 0. The van der Waals surface area contributed by atoms with Crippen molar-refractivity contribution in [3.05, 3.63) is 27.9 Å². The Morgan fingerprint density at radius 3 is 2.81 bits per heavy atom. The molecule has 27 heavy (non-hydrogen) atoms. The number of aromatic nitrogens is 2. The van der Waals surface area contributed by atoms with Crippen molar-refractivity contribution in [2.45, 2.75) is 64.5 Å². The summed E-state index contributed by atoms with van der Waals surface area (Å²) in [6.45, 7) is 5.09. The van der Waals surface area contributed by atoms with Crippen LogP contribution in [-0.2, 0) is 4.79 Å². The summed E-state index contributed by atoms with van der Waals surface area (Å²) in [6, 6.07) is 0.457. The molecule has 4 heterocycles. The van der Waals surface area contributed by atoms with Gasteiger partial charge in [0.05, 0.1) is 0 Å². The Kier molecular flexibility index (Phi) is 4.78. The Labute approximate surface area is 159 Å². The number of rotatable bonds is 3. The van der Waals surface area contributed by atoms with Crippen LogP contribution in [-0.4, -0.2) is 56.8 Å². The molecule has 2 bridgehead atoms. The molecule has 0 spiro atoms. The molecule has 1 N–H and O–H groups in total. The lowest BCUT2D eigenvalue weighted by Gasteiger charge is -2.56. The van der Waals surface area contributed by atoms with Gasteiger partial charge in [-0.25, -0.2) is 4.98 Å². The van der Waals surface area contributed by atoms with Crippen LogP contribution in [0.5, 0.6) is 0 Å². The number of nitrogens with zero attached hydrogens (tertiary/aromatic N) is 3. The first-order chi connectivity index (χ1) is 13.0. The van der Waals surface area contributed by atoms with Crippen molar-refractivity contribution < 1.29 is 9.59 Å². The number of carbonyl (C=O) groups excluding carboxylic acids is 2. The van der Waals surface area contributed by atoms with Crippen LogP contribution >= 0.6 is 0 Å². The van der Waals surface area contributed by atoms with E-state index in [4.69, 9.17) is 0 Å². The van der Waals surface area contributed by atoms with Crippen LogP contribution in [0.3, 0.4) is 0 Å². The van der Waals surface area contributed by atoms with Gasteiger partial charge in [-0.1, -0.05) is 13.3 Å². The summed E-state index contributed by atoms with van der Waals surface area (Å²) < 4.78 is 0. The summed E-state index contributed by atoms with van der Waals surface area (Å²) in [5.74, 6) is 1.17. The number of carbonyl (C=O) groups is 2. The van der Waals surface area contributed by atoms with E-state index >= 15 is 0 Å². The number of hydrogen-bond donors (Lipinski definition) is 1. The van der Waals surface area contributed by atoms with Crippen LogP contribution in [0.1, 0.15) is 61.6 Å². The summed E-state index contributed by atoms with van der Waals surface area (Å²) in [5.41, 5.74) is -0.257. The van der Waals surface area contributed by atoms with Crippen molar-refractivity contribution in [3.63, 3.8) is 0 Å². The summed E-state index contributed by atoms with van der Waals surface area (Å²) in [4.78, 5) is 48.6. The minimum atomic E-state index is -0.372. The predicted octanol–water partition coefficient (Wildman–Crippen LogP) is 1.72. The Balaban J connectivity index is 1.61. The zero-order chi connectivity index (χ0) is 19.1. The van der Waals surface area contributed by atoms with E-state index in [0.717, 1.165) is 32.1 Å². The number of aromatic amines is 1. The quantitative estimate of drug-likeness (QED) is 0.875. The predicted molar refractivity (Wildman–Crippen MR) is 100 cm³/mol. The van der Waals surface area contributed by atoms with Gasteiger partial charge in [0.25, 0.3) is 11.5 Å². The molecule has 7 nitrogen and oxygen atoms in total. The molecule has 4 atom stereocenters. The van der Waals surface area contributed by atoms with Gasteiger partial charge in [-0.15, -0.1) is 0 Å². The Bertz CT molecular complexity index is 805. The maximum Gasteiger partial charge on any atom is 0.263 e. The van der Waals surface area contributed by atoms with Crippen LogP contribution in [0.2, 0.25) is 0 Å². The number of H-pyrrole nitrogens is 1. The van der Waals surface area contributed by atoms with Crippen molar-refractivity contribution in [1.29, 1.82) is 0 Å². The fourth-order valence-corrected chi connectivity index (χ4v) is 5.42. The van der Waals surface area contributed by atoms with E-state index in [0.29, 0.717) is 43.1 Å². The fourth-order valence-electron chi connectivity index (χ4n) is 5.42. The molecule has 0 saturated carbocycles. The largest absolute Gasteiger partial charge is 0.338 e. The van der Waals surface area contributed by atoms with E-state index in [1.807, 2.05) is 4.90 Å². The first kappa shape index (κ1) is 18.2. The van der Waals surface area contributed by atoms with Crippen molar-refractivity contribution in [1.82, 2.24) is 19.8 Å². The van der Waals surface area contributed by atoms with E-state index in [1.54, 1.807) is 6.92 Å². The van der Waals surface area contributed by atoms with Crippen molar-refractivity contribution >= 4 is 11.8 Å². The third-order valence-corrected chi connectivity index (χ3v) is 6.53. The van der Waals surface area contributed by atoms with Crippen LogP contribution in [0.15, 0.2) is 11.0 Å². The zero-order valence-corrected chi connectivity index (χ0v) is 16.1. The lowest BCUT2D eigenvalue weighted by Crippen LogP contribution is -2.65. The fraction of sp³-hybridized carbons (Fsp3) is 0.700. The van der Waals surface area contributed by atoms with Crippen LogP contribution < -0.4 is 5.56 Å². The molecule has 2 amide bonds. The highest BCUT2D eigenvalue weighted by atomic mass is 16.2. The number of aryl methyl sites for hydroxylation is 1. The Hall–Kier alpha value is -2.18. The van der Waals surface area contributed by atoms with Crippen molar-refractivity contribution in [2.24, 2.45) is 11.8 Å². The average Bonchev–Trinajstić information content (AvgIpc) is 2.65. The number of piperidine rings is 3. The molecule has 3 saturated heterocycles. The molecule has 0 radical (unpaired) electrons. The first-order valence-electron chi connectivity index (χ1n) is 10.2. The van der Waals surface area contributed by atoms with E-state index in [-0.39, 0.29) is 29.1 Å². The first-order valence-corrected chi connectivity index (χ1v) is 10.2. The Morgan fingerprint density at radius 1 is 1.30 bits per heavy atom. The minimum Gasteiger partial charge on any atom is -0.338 e. The molecule has 0 aromatic carbocycles. The van der Waals surface area contributed by atoms with Gasteiger partial charge >= 0.3 is 0 Å². The summed E-state index contributed by atoms with van der Waals surface area (Å²) in [6.07, 6.45) is 7.09.